The summed E-state index contributed by atoms with van der Waals surface area (Å²) in [4.78, 5) is 35.3. The van der Waals surface area contributed by atoms with Gasteiger partial charge >= 0.3 is 0 Å². The summed E-state index contributed by atoms with van der Waals surface area (Å²) in [5.41, 5.74) is 1.20. The van der Waals surface area contributed by atoms with Gasteiger partial charge in [0.25, 0.3) is 5.91 Å². The molecule has 2 saturated heterocycles. The van der Waals surface area contributed by atoms with Crippen LogP contribution >= 0.6 is 11.3 Å². The summed E-state index contributed by atoms with van der Waals surface area (Å²) in [5.74, 6) is 0.143. The highest BCUT2D eigenvalue weighted by molar-refractivity contribution is 7.12. The number of carbonyl (C=O) groups excluding carboxylic acids is 2. The topological polar surface area (TPSA) is 65.5 Å². The summed E-state index contributed by atoms with van der Waals surface area (Å²) >= 11 is 1.48. The summed E-state index contributed by atoms with van der Waals surface area (Å²) in [6.07, 6.45) is 8.80. The largest absolute Gasteiger partial charge is 0.356 e. The first kappa shape index (κ1) is 21.0. The van der Waals surface area contributed by atoms with Gasteiger partial charge in [-0.25, -0.2) is 0 Å². The number of carbonyl (C=O) groups is 2. The quantitative estimate of drug-likeness (QED) is 0.819. The Kier molecular flexibility index (Phi) is 7.12. The van der Waals surface area contributed by atoms with Crippen LogP contribution in [0.25, 0.3) is 0 Å². The van der Waals surface area contributed by atoms with Crippen molar-refractivity contribution in [2.75, 3.05) is 26.2 Å². The fourth-order valence-corrected chi connectivity index (χ4v) is 5.26. The van der Waals surface area contributed by atoms with Crippen LogP contribution in [0.3, 0.4) is 0 Å². The van der Waals surface area contributed by atoms with Gasteiger partial charge in [-0.05, 0) is 54.9 Å². The van der Waals surface area contributed by atoms with Crippen LogP contribution in [-0.2, 0) is 11.3 Å². The van der Waals surface area contributed by atoms with Crippen LogP contribution in [0, 0.1) is 5.92 Å². The molecule has 2 fully saturated rings. The first-order valence-electron chi connectivity index (χ1n) is 11.0. The number of rotatable bonds is 3. The Morgan fingerprint density at radius 1 is 1.13 bits per heavy atom. The minimum atomic E-state index is -0.0858. The molecule has 4 rings (SSSR count). The molecule has 0 bridgehead atoms. The SMILES string of the molecule is O=C1NCCCCCCN(Cc2ccncc2)[C@@H]2CN(C(=O)c3cccs3)CC[C@@H]12. The molecule has 30 heavy (non-hydrogen) atoms. The van der Waals surface area contributed by atoms with Crippen molar-refractivity contribution in [2.45, 2.75) is 44.7 Å². The van der Waals surface area contributed by atoms with Gasteiger partial charge in [0.2, 0.25) is 5.91 Å². The zero-order chi connectivity index (χ0) is 20.8. The monoisotopic (exact) mass is 426 g/mol. The lowest BCUT2D eigenvalue weighted by Crippen LogP contribution is -2.57. The Morgan fingerprint density at radius 2 is 1.97 bits per heavy atom. The van der Waals surface area contributed by atoms with Crippen LogP contribution in [0.1, 0.15) is 47.3 Å². The summed E-state index contributed by atoms with van der Waals surface area (Å²) < 4.78 is 0. The van der Waals surface area contributed by atoms with Gasteiger partial charge in [0.15, 0.2) is 0 Å². The smallest absolute Gasteiger partial charge is 0.263 e. The first-order chi connectivity index (χ1) is 14.7. The van der Waals surface area contributed by atoms with E-state index in [0.29, 0.717) is 19.5 Å². The minimum absolute atomic E-state index is 0.0222. The highest BCUT2D eigenvalue weighted by Gasteiger charge is 2.39. The van der Waals surface area contributed by atoms with E-state index in [-0.39, 0.29) is 23.8 Å². The lowest BCUT2D eigenvalue weighted by Gasteiger charge is -2.43. The predicted octanol–water partition coefficient (Wildman–Crippen LogP) is 3.17. The average molecular weight is 427 g/mol. The van der Waals surface area contributed by atoms with Crippen LogP contribution in [0.5, 0.6) is 0 Å². The third-order valence-electron chi connectivity index (χ3n) is 6.21. The maximum absolute atomic E-state index is 13.0. The standard InChI is InChI=1S/C23H30N4O2S/c28-22-19-9-14-27(23(29)21-6-5-15-30-21)17-20(19)26(13-4-2-1-3-10-25-22)16-18-7-11-24-12-8-18/h5-8,11-12,15,19-20H,1-4,9-10,13-14,16-17H2,(H,25,28)/t19-,20-/m1/s1. The van der Waals surface area contributed by atoms with Crippen molar-refractivity contribution in [3.8, 4) is 0 Å². The maximum Gasteiger partial charge on any atom is 0.263 e. The second-order valence-electron chi connectivity index (χ2n) is 8.22. The van der Waals surface area contributed by atoms with Gasteiger partial charge in [-0.1, -0.05) is 18.9 Å². The van der Waals surface area contributed by atoms with Crippen molar-refractivity contribution in [3.05, 3.63) is 52.5 Å². The van der Waals surface area contributed by atoms with Crippen LogP contribution in [-0.4, -0.2) is 58.8 Å². The fraction of sp³-hybridized carbons (Fsp3) is 0.522. The molecule has 6 nitrogen and oxygen atoms in total. The molecule has 2 aliphatic heterocycles. The Morgan fingerprint density at radius 3 is 2.77 bits per heavy atom. The van der Waals surface area contributed by atoms with Crippen molar-refractivity contribution >= 4 is 23.2 Å². The van der Waals surface area contributed by atoms with Crippen LogP contribution in [0.2, 0.25) is 0 Å². The van der Waals surface area contributed by atoms with E-state index in [9.17, 15) is 9.59 Å². The first-order valence-corrected chi connectivity index (χ1v) is 11.8. The third kappa shape index (κ3) is 5.08. The number of fused-ring (bicyclic) bond motifs is 1. The van der Waals surface area contributed by atoms with Crippen LogP contribution in [0.4, 0.5) is 0 Å². The molecular formula is C23H30N4O2S. The molecule has 2 aromatic heterocycles. The molecule has 2 aliphatic rings. The second kappa shape index (κ2) is 10.2. The van der Waals surface area contributed by atoms with E-state index in [2.05, 4.69) is 15.2 Å². The Balaban J connectivity index is 1.58. The minimum Gasteiger partial charge on any atom is -0.356 e. The highest BCUT2D eigenvalue weighted by Crippen LogP contribution is 2.27. The number of hydrogen-bond acceptors (Lipinski definition) is 5. The molecule has 1 N–H and O–H groups in total. The van der Waals surface area contributed by atoms with Gasteiger partial charge in [0.1, 0.15) is 0 Å². The zero-order valence-corrected chi connectivity index (χ0v) is 18.2. The molecule has 0 aliphatic carbocycles. The van der Waals surface area contributed by atoms with E-state index < -0.39 is 0 Å². The van der Waals surface area contributed by atoms with Crippen molar-refractivity contribution in [3.63, 3.8) is 0 Å². The molecule has 0 unspecified atom stereocenters. The van der Waals surface area contributed by atoms with E-state index in [4.69, 9.17) is 0 Å². The molecule has 0 radical (unpaired) electrons. The number of hydrogen-bond donors (Lipinski definition) is 1. The highest BCUT2D eigenvalue weighted by atomic mass is 32.1. The molecular weight excluding hydrogens is 396 g/mol. The molecule has 4 heterocycles. The van der Waals surface area contributed by atoms with Gasteiger partial charge in [-0.3, -0.25) is 19.5 Å². The molecule has 160 valence electrons. The number of pyridine rings is 1. The van der Waals surface area contributed by atoms with E-state index in [1.165, 1.54) is 16.9 Å². The summed E-state index contributed by atoms with van der Waals surface area (Å²) in [5, 5.41) is 5.10. The van der Waals surface area contributed by atoms with Crippen molar-refractivity contribution in [2.24, 2.45) is 5.92 Å². The van der Waals surface area contributed by atoms with E-state index >= 15 is 0 Å². The summed E-state index contributed by atoms with van der Waals surface area (Å²) in [6, 6.07) is 7.91. The lowest BCUT2D eigenvalue weighted by atomic mass is 9.88. The van der Waals surface area contributed by atoms with E-state index in [1.54, 1.807) is 0 Å². The van der Waals surface area contributed by atoms with Gasteiger partial charge in [0, 0.05) is 44.6 Å². The van der Waals surface area contributed by atoms with Crippen LogP contribution < -0.4 is 5.32 Å². The molecule has 0 spiro atoms. The van der Waals surface area contributed by atoms with Crippen molar-refractivity contribution < 1.29 is 9.59 Å². The summed E-state index contributed by atoms with van der Waals surface area (Å²) in [7, 11) is 0. The van der Waals surface area contributed by atoms with Crippen molar-refractivity contribution in [1.29, 1.82) is 0 Å². The van der Waals surface area contributed by atoms with Gasteiger partial charge in [-0.15, -0.1) is 11.3 Å². The average Bonchev–Trinajstić information content (AvgIpc) is 3.31. The number of nitrogens with one attached hydrogen (secondary N) is 1. The Hall–Kier alpha value is -2.25. The van der Waals surface area contributed by atoms with E-state index in [1.807, 2.05) is 46.9 Å². The van der Waals surface area contributed by atoms with Gasteiger partial charge in [-0.2, -0.15) is 0 Å². The van der Waals surface area contributed by atoms with Crippen LogP contribution in [0.15, 0.2) is 42.0 Å². The molecule has 0 aromatic carbocycles. The van der Waals surface area contributed by atoms with Gasteiger partial charge < -0.3 is 10.2 Å². The maximum atomic E-state index is 13.0. The predicted molar refractivity (Wildman–Crippen MR) is 118 cm³/mol. The number of thiophene rings is 1. The number of aromatic nitrogens is 1. The second-order valence-corrected chi connectivity index (χ2v) is 9.17. The molecule has 7 heteroatoms. The Bertz CT molecular complexity index is 827. The summed E-state index contributed by atoms with van der Waals surface area (Å²) in [6.45, 7) is 3.70. The number of nitrogens with zero attached hydrogens (tertiary/aromatic N) is 3. The molecule has 2 amide bonds. The number of piperidine rings is 1. The fourth-order valence-electron chi connectivity index (χ4n) is 4.57. The van der Waals surface area contributed by atoms with Gasteiger partial charge in [0.05, 0.1) is 10.8 Å². The molecule has 0 saturated carbocycles. The third-order valence-corrected chi connectivity index (χ3v) is 7.07. The van der Waals surface area contributed by atoms with E-state index in [0.717, 1.165) is 50.2 Å². The Labute approximate surface area is 182 Å². The zero-order valence-electron chi connectivity index (χ0n) is 17.3. The van der Waals surface area contributed by atoms with Crippen molar-refractivity contribution in [1.82, 2.24) is 20.1 Å². The number of amides is 2. The number of likely N-dealkylation sites (tertiary alicyclic amines) is 1. The normalized spacial score (nSPS) is 23.9. The molecule has 2 atom stereocenters. The lowest BCUT2D eigenvalue weighted by molar-refractivity contribution is -0.129. The molecule has 2 aromatic rings.